The molecule has 0 saturated carbocycles. The summed E-state index contributed by atoms with van der Waals surface area (Å²) in [6, 6.07) is 15.5. The smallest absolute Gasteiger partial charge is 0.271 e. The number of hydrogen-bond donors (Lipinski definition) is 2. The first-order chi connectivity index (χ1) is 13.5. The van der Waals surface area contributed by atoms with Crippen LogP contribution in [0.5, 0.6) is 5.75 Å². The highest BCUT2D eigenvalue weighted by Crippen LogP contribution is 2.18. The summed E-state index contributed by atoms with van der Waals surface area (Å²) in [6.07, 6.45) is 3.00. The second-order valence-electron chi connectivity index (χ2n) is 6.38. The molecule has 0 aliphatic rings. The van der Waals surface area contributed by atoms with Gasteiger partial charge in [0.2, 0.25) is 0 Å². The molecule has 7 nitrogen and oxygen atoms in total. The van der Waals surface area contributed by atoms with Gasteiger partial charge in [-0.1, -0.05) is 12.1 Å². The number of hydrogen-bond acceptors (Lipinski definition) is 6. The van der Waals surface area contributed by atoms with Gasteiger partial charge in [-0.25, -0.2) is 9.97 Å². The molecule has 2 N–H and O–H groups in total. The fourth-order valence-electron chi connectivity index (χ4n) is 2.52. The van der Waals surface area contributed by atoms with Gasteiger partial charge in [-0.15, -0.1) is 0 Å². The molecule has 0 fully saturated rings. The monoisotopic (exact) mass is 377 g/mol. The van der Waals surface area contributed by atoms with Crippen molar-refractivity contribution in [3.05, 3.63) is 72.2 Å². The Labute approximate surface area is 164 Å². The predicted octanol–water partition coefficient (Wildman–Crippen LogP) is 3.22. The maximum absolute atomic E-state index is 12.2. The largest absolute Gasteiger partial charge is 0.497 e. The topological polar surface area (TPSA) is 79.4 Å². The van der Waals surface area contributed by atoms with Crippen molar-refractivity contribution in [3.8, 4) is 5.75 Å². The summed E-state index contributed by atoms with van der Waals surface area (Å²) in [6.45, 7) is 0.405. The van der Waals surface area contributed by atoms with E-state index >= 15 is 0 Å². The minimum absolute atomic E-state index is 0.266. The van der Waals surface area contributed by atoms with Gasteiger partial charge in [-0.3, -0.25) is 4.79 Å². The summed E-state index contributed by atoms with van der Waals surface area (Å²) in [5.41, 5.74) is 3.25. The highest BCUT2D eigenvalue weighted by atomic mass is 16.5. The maximum Gasteiger partial charge on any atom is 0.271 e. The van der Waals surface area contributed by atoms with Gasteiger partial charge in [0.05, 0.1) is 19.5 Å². The second-order valence-corrected chi connectivity index (χ2v) is 6.38. The van der Waals surface area contributed by atoms with Gasteiger partial charge < -0.3 is 20.3 Å². The zero-order valence-electron chi connectivity index (χ0n) is 16.1. The molecule has 1 aromatic heterocycles. The van der Waals surface area contributed by atoms with Crippen LogP contribution in [0.3, 0.4) is 0 Å². The third kappa shape index (κ3) is 4.97. The van der Waals surface area contributed by atoms with Crippen molar-refractivity contribution in [1.82, 2.24) is 15.3 Å². The number of ether oxygens (including phenoxy) is 1. The summed E-state index contributed by atoms with van der Waals surface area (Å²) in [7, 11) is 5.60. The molecule has 1 heterocycles. The van der Waals surface area contributed by atoms with Crippen LogP contribution < -0.4 is 20.3 Å². The molecule has 0 spiro atoms. The first-order valence-electron chi connectivity index (χ1n) is 8.83. The van der Waals surface area contributed by atoms with E-state index in [1.54, 1.807) is 13.3 Å². The zero-order valence-corrected chi connectivity index (χ0v) is 16.1. The number of carbonyl (C=O) groups excluding carboxylic acids is 1. The summed E-state index contributed by atoms with van der Waals surface area (Å²) in [5.74, 6) is 1.08. The third-order valence-electron chi connectivity index (χ3n) is 4.15. The fraction of sp³-hybridized carbons (Fsp3) is 0.190. The zero-order chi connectivity index (χ0) is 19.9. The van der Waals surface area contributed by atoms with Gasteiger partial charge in [-0.2, -0.15) is 0 Å². The van der Waals surface area contributed by atoms with Gasteiger partial charge in [0, 0.05) is 32.0 Å². The van der Waals surface area contributed by atoms with Crippen molar-refractivity contribution in [2.24, 2.45) is 0 Å². The number of rotatable bonds is 7. The number of methoxy groups -OCH3 is 1. The van der Waals surface area contributed by atoms with Crippen molar-refractivity contribution in [1.29, 1.82) is 0 Å². The summed E-state index contributed by atoms with van der Waals surface area (Å²) in [5, 5.41) is 6.00. The molecular formula is C21H23N5O2. The van der Waals surface area contributed by atoms with Crippen LogP contribution in [0.15, 0.2) is 60.9 Å². The first-order valence-corrected chi connectivity index (χ1v) is 8.83. The lowest BCUT2D eigenvalue weighted by Gasteiger charge is -2.13. The number of nitrogens with one attached hydrogen (secondary N) is 2. The molecule has 0 aliphatic carbocycles. The number of aromatic nitrogens is 2. The van der Waals surface area contributed by atoms with Gasteiger partial charge in [0.15, 0.2) is 0 Å². The third-order valence-corrected chi connectivity index (χ3v) is 4.15. The molecule has 0 atom stereocenters. The Balaban J connectivity index is 1.56. The average Bonchev–Trinajstić information content (AvgIpc) is 2.73. The first kappa shape index (κ1) is 19.2. The number of carbonyl (C=O) groups is 1. The van der Waals surface area contributed by atoms with E-state index in [1.165, 1.54) is 6.20 Å². The molecule has 28 heavy (non-hydrogen) atoms. The van der Waals surface area contributed by atoms with Crippen LogP contribution >= 0.6 is 0 Å². The SMILES string of the molecule is COc1ccc(CNC(=O)c2cnc(Nc3ccc(N(C)C)cc3)cn2)cc1. The fourth-order valence-corrected chi connectivity index (χ4v) is 2.52. The van der Waals surface area contributed by atoms with Crippen molar-refractivity contribution >= 4 is 23.1 Å². The molecule has 7 heteroatoms. The molecule has 0 unspecified atom stereocenters. The highest BCUT2D eigenvalue weighted by Gasteiger charge is 2.08. The van der Waals surface area contributed by atoms with Crippen molar-refractivity contribution in [2.45, 2.75) is 6.54 Å². The van der Waals surface area contributed by atoms with E-state index in [9.17, 15) is 4.79 Å². The molecular weight excluding hydrogens is 354 g/mol. The van der Waals surface area contributed by atoms with E-state index in [0.717, 1.165) is 22.7 Å². The van der Waals surface area contributed by atoms with Crippen LogP contribution in [0.4, 0.5) is 17.2 Å². The van der Waals surface area contributed by atoms with E-state index in [-0.39, 0.29) is 11.6 Å². The average molecular weight is 377 g/mol. The molecule has 0 saturated heterocycles. The predicted molar refractivity (Wildman–Crippen MR) is 110 cm³/mol. The van der Waals surface area contributed by atoms with Crippen molar-refractivity contribution in [3.63, 3.8) is 0 Å². The Bertz CT molecular complexity index is 907. The molecule has 2 aromatic carbocycles. The van der Waals surface area contributed by atoms with E-state index in [0.29, 0.717) is 12.4 Å². The number of benzene rings is 2. The van der Waals surface area contributed by atoms with Gasteiger partial charge in [-0.05, 0) is 42.0 Å². The molecule has 0 aliphatic heterocycles. The van der Waals surface area contributed by atoms with Gasteiger partial charge in [0.1, 0.15) is 17.3 Å². The standard InChI is InChI=1S/C21H23N5O2/c1-26(2)17-8-6-16(7-9-17)25-20-14-22-19(13-23-20)21(27)24-12-15-4-10-18(28-3)11-5-15/h4-11,13-14H,12H2,1-3H3,(H,23,25)(H,24,27). The van der Waals surface area contributed by atoms with Crippen LogP contribution in [-0.2, 0) is 6.54 Å². The van der Waals surface area contributed by atoms with Crippen LogP contribution in [0.1, 0.15) is 16.1 Å². The van der Waals surface area contributed by atoms with Crippen LogP contribution in [0.2, 0.25) is 0 Å². The quantitative estimate of drug-likeness (QED) is 0.658. The summed E-state index contributed by atoms with van der Waals surface area (Å²) in [4.78, 5) is 22.7. The van der Waals surface area contributed by atoms with Gasteiger partial charge >= 0.3 is 0 Å². The number of nitrogens with zero attached hydrogens (tertiary/aromatic N) is 3. The van der Waals surface area contributed by atoms with Gasteiger partial charge in [0.25, 0.3) is 5.91 Å². The summed E-state index contributed by atoms with van der Waals surface area (Å²) < 4.78 is 5.12. The Kier molecular flexibility index (Phi) is 6.06. The summed E-state index contributed by atoms with van der Waals surface area (Å²) >= 11 is 0. The second kappa shape index (κ2) is 8.85. The molecule has 144 valence electrons. The molecule has 0 radical (unpaired) electrons. The minimum Gasteiger partial charge on any atom is -0.497 e. The highest BCUT2D eigenvalue weighted by molar-refractivity contribution is 5.92. The molecule has 3 aromatic rings. The van der Waals surface area contributed by atoms with E-state index in [1.807, 2.05) is 67.5 Å². The molecule has 0 bridgehead atoms. The Morgan fingerprint density at radius 1 is 1.00 bits per heavy atom. The Morgan fingerprint density at radius 3 is 2.29 bits per heavy atom. The lowest BCUT2D eigenvalue weighted by molar-refractivity contribution is 0.0945. The Morgan fingerprint density at radius 2 is 1.71 bits per heavy atom. The molecule has 3 rings (SSSR count). The van der Waals surface area contributed by atoms with E-state index in [4.69, 9.17) is 4.74 Å². The number of anilines is 3. The van der Waals surface area contributed by atoms with Crippen molar-refractivity contribution < 1.29 is 9.53 Å². The molecule has 1 amide bonds. The van der Waals surface area contributed by atoms with Crippen LogP contribution in [-0.4, -0.2) is 37.1 Å². The minimum atomic E-state index is -0.273. The number of amides is 1. The maximum atomic E-state index is 12.2. The van der Waals surface area contributed by atoms with Crippen LogP contribution in [0.25, 0.3) is 0 Å². The lowest BCUT2D eigenvalue weighted by atomic mass is 10.2. The van der Waals surface area contributed by atoms with Crippen LogP contribution in [0, 0.1) is 0 Å². The van der Waals surface area contributed by atoms with Crippen molar-refractivity contribution in [2.75, 3.05) is 31.4 Å². The van der Waals surface area contributed by atoms with E-state index < -0.39 is 0 Å². The Hall–Kier alpha value is -3.61. The lowest BCUT2D eigenvalue weighted by Crippen LogP contribution is -2.24. The normalized spacial score (nSPS) is 10.2. The van der Waals surface area contributed by atoms with E-state index in [2.05, 4.69) is 20.6 Å².